The zero-order valence-electron chi connectivity index (χ0n) is 13.8. The zero-order chi connectivity index (χ0) is 14.5. The summed E-state index contributed by atoms with van der Waals surface area (Å²) in [6.45, 7) is 16.8. The molecule has 0 bridgehead atoms. The number of hydrogen-bond donors (Lipinski definition) is 0. The fraction of sp³-hybridized carbons (Fsp3) is 1.00. The molecule has 1 aliphatic rings. The van der Waals surface area contributed by atoms with Crippen LogP contribution in [0, 0.1) is 0 Å². The number of nitrogens with zero attached hydrogens (tertiary/aromatic N) is 1. The van der Waals surface area contributed by atoms with Gasteiger partial charge >= 0.3 is 0 Å². The smallest absolute Gasteiger partial charge is 0.0992 e. The van der Waals surface area contributed by atoms with Gasteiger partial charge in [0.25, 0.3) is 0 Å². The first kappa shape index (κ1) is 16.9. The van der Waals surface area contributed by atoms with Gasteiger partial charge in [-0.1, -0.05) is 6.42 Å². The van der Waals surface area contributed by atoms with Gasteiger partial charge in [-0.25, -0.2) is 0 Å². The van der Waals surface area contributed by atoms with Crippen molar-refractivity contribution in [3.05, 3.63) is 0 Å². The van der Waals surface area contributed by atoms with E-state index in [2.05, 4.69) is 46.4 Å². The molecule has 0 spiro atoms. The molecule has 0 radical (unpaired) electrons. The van der Waals surface area contributed by atoms with E-state index < -0.39 is 0 Å². The van der Waals surface area contributed by atoms with Gasteiger partial charge < -0.3 is 14.4 Å². The first-order chi connectivity index (χ1) is 8.74. The lowest BCUT2D eigenvalue weighted by Crippen LogP contribution is -2.51. The molecule has 0 N–H and O–H groups in total. The third-order valence-electron chi connectivity index (χ3n) is 3.66. The van der Waals surface area contributed by atoms with Crippen LogP contribution < -0.4 is 0 Å². The molecule has 3 nitrogen and oxygen atoms in total. The minimum atomic E-state index is -0.237. The van der Waals surface area contributed by atoms with Crippen molar-refractivity contribution in [3.63, 3.8) is 0 Å². The van der Waals surface area contributed by atoms with Gasteiger partial charge in [0.1, 0.15) is 0 Å². The fourth-order valence-electron chi connectivity index (χ4n) is 2.67. The van der Waals surface area contributed by atoms with Crippen LogP contribution in [0.3, 0.4) is 0 Å². The van der Waals surface area contributed by atoms with Crippen molar-refractivity contribution in [1.82, 2.24) is 4.90 Å². The van der Waals surface area contributed by atoms with Crippen LogP contribution in [0.1, 0.15) is 60.8 Å². The number of hydrogen-bond acceptors (Lipinski definition) is 3. The molecule has 0 aromatic rings. The standard InChI is InChI=1S/C16H33NO2/c1-7-18-16(5,6)14(19-15(2,3)4)13-17-11-9-8-10-12-17/h14H,7-13H2,1-6H3. The van der Waals surface area contributed by atoms with E-state index in [1.165, 1.54) is 32.4 Å². The normalized spacial score (nSPS) is 20.5. The Hall–Kier alpha value is -0.120. The van der Waals surface area contributed by atoms with E-state index in [9.17, 15) is 0 Å². The highest BCUT2D eigenvalue weighted by atomic mass is 16.6. The van der Waals surface area contributed by atoms with Crippen LogP contribution in [0.5, 0.6) is 0 Å². The average Bonchev–Trinajstić information content (AvgIpc) is 2.27. The van der Waals surface area contributed by atoms with E-state index >= 15 is 0 Å². The monoisotopic (exact) mass is 271 g/mol. The summed E-state index contributed by atoms with van der Waals surface area (Å²) in [6, 6.07) is 0. The molecule has 19 heavy (non-hydrogen) atoms. The van der Waals surface area contributed by atoms with Crippen molar-refractivity contribution >= 4 is 0 Å². The van der Waals surface area contributed by atoms with Crippen LogP contribution >= 0.6 is 0 Å². The largest absolute Gasteiger partial charge is 0.373 e. The molecule has 3 heteroatoms. The van der Waals surface area contributed by atoms with E-state index in [1.807, 2.05) is 0 Å². The van der Waals surface area contributed by atoms with E-state index in [0.717, 1.165) is 13.2 Å². The molecule has 1 fully saturated rings. The summed E-state index contributed by atoms with van der Waals surface area (Å²) in [5.41, 5.74) is -0.367. The molecule has 1 saturated heterocycles. The molecule has 1 unspecified atom stereocenters. The zero-order valence-corrected chi connectivity index (χ0v) is 13.8. The second-order valence-electron chi connectivity index (χ2n) is 7.12. The second kappa shape index (κ2) is 7.05. The average molecular weight is 271 g/mol. The molecule has 0 aliphatic carbocycles. The molecule has 1 heterocycles. The Morgan fingerprint density at radius 3 is 2.05 bits per heavy atom. The predicted molar refractivity (Wildman–Crippen MR) is 80.6 cm³/mol. The lowest BCUT2D eigenvalue weighted by molar-refractivity contribution is -0.173. The Labute approximate surface area is 119 Å². The van der Waals surface area contributed by atoms with Gasteiger partial charge in [0.05, 0.1) is 17.3 Å². The van der Waals surface area contributed by atoms with Gasteiger partial charge in [0.15, 0.2) is 0 Å². The maximum absolute atomic E-state index is 6.29. The first-order valence-electron chi connectivity index (χ1n) is 7.79. The van der Waals surface area contributed by atoms with Crippen LogP contribution in [0.15, 0.2) is 0 Å². The van der Waals surface area contributed by atoms with Crippen LogP contribution in [-0.2, 0) is 9.47 Å². The number of rotatable bonds is 6. The maximum atomic E-state index is 6.29. The van der Waals surface area contributed by atoms with Gasteiger partial charge in [0, 0.05) is 13.2 Å². The topological polar surface area (TPSA) is 21.7 Å². The van der Waals surface area contributed by atoms with Crippen molar-refractivity contribution in [1.29, 1.82) is 0 Å². The summed E-state index contributed by atoms with van der Waals surface area (Å²) in [7, 11) is 0. The maximum Gasteiger partial charge on any atom is 0.0992 e. The highest BCUT2D eigenvalue weighted by Crippen LogP contribution is 2.25. The lowest BCUT2D eigenvalue weighted by Gasteiger charge is -2.41. The summed E-state index contributed by atoms with van der Waals surface area (Å²) in [5, 5.41) is 0. The molecule has 0 aromatic carbocycles. The molecule has 0 amide bonds. The van der Waals surface area contributed by atoms with Gasteiger partial charge in [-0.05, 0) is 67.5 Å². The van der Waals surface area contributed by atoms with Gasteiger partial charge in [-0.2, -0.15) is 0 Å². The lowest BCUT2D eigenvalue weighted by atomic mass is 9.98. The quantitative estimate of drug-likeness (QED) is 0.738. The van der Waals surface area contributed by atoms with Crippen LogP contribution in [0.25, 0.3) is 0 Å². The van der Waals surface area contributed by atoms with Crippen LogP contribution in [-0.4, -0.2) is 48.4 Å². The highest BCUT2D eigenvalue weighted by molar-refractivity contribution is 4.86. The highest BCUT2D eigenvalue weighted by Gasteiger charge is 2.35. The summed E-state index contributed by atoms with van der Waals surface area (Å²) in [4.78, 5) is 2.53. The van der Waals surface area contributed by atoms with E-state index in [1.54, 1.807) is 0 Å². The molecule has 1 aliphatic heterocycles. The summed E-state index contributed by atoms with van der Waals surface area (Å²) < 4.78 is 12.2. The third-order valence-corrected chi connectivity index (χ3v) is 3.66. The Morgan fingerprint density at radius 1 is 1.00 bits per heavy atom. The third kappa shape index (κ3) is 6.24. The molecular formula is C16H33NO2. The van der Waals surface area contributed by atoms with Gasteiger partial charge in [-0.15, -0.1) is 0 Å². The molecule has 0 aromatic heterocycles. The van der Waals surface area contributed by atoms with Gasteiger partial charge in [-0.3, -0.25) is 0 Å². The Balaban J connectivity index is 2.67. The summed E-state index contributed by atoms with van der Waals surface area (Å²) in [6.07, 6.45) is 4.12. The van der Waals surface area contributed by atoms with Crippen molar-refractivity contribution < 1.29 is 9.47 Å². The number of ether oxygens (including phenoxy) is 2. The van der Waals surface area contributed by atoms with Crippen molar-refractivity contribution in [2.24, 2.45) is 0 Å². The first-order valence-corrected chi connectivity index (χ1v) is 7.79. The molecule has 1 rings (SSSR count). The SMILES string of the molecule is CCOC(C)(C)C(CN1CCCCC1)OC(C)(C)C. The second-order valence-corrected chi connectivity index (χ2v) is 7.12. The Morgan fingerprint density at radius 2 is 1.58 bits per heavy atom. The van der Waals surface area contributed by atoms with E-state index in [-0.39, 0.29) is 17.3 Å². The van der Waals surface area contributed by atoms with Crippen molar-refractivity contribution in [3.8, 4) is 0 Å². The molecular weight excluding hydrogens is 238 g/mol. The van der Waals surface area contributed by atoms with Crippen LogP contribution in [0.4, 0.5) is 0 Å². The van der Waals surface area contributed by atoms with E-state index in [4.69, 9.17) is 9.47 Å². The summed E-state index contributed by atoms with van der Waals surface area (Å²) >= 11 is 0. The Bertz CT molecular complexity index is 252. The Kier molecular flexibility index (Phi) is 6.28. The number of likely N-dealkylation sites (tertiary alicyclic amines) is 1. The van der Waals surface area contributed by atoms with Crippen molar-refractivity contribution in [2.45, 2.75) is 78.1 Å². The van der Waals surface area contributed by atoms with Crippen molar-refractivity contribution in [2.75, 3.05) is 26.2 Å². The van der Waals surface area contributed by atoms with Crippen LogP contribution in [0.2, 0.25) is 0 Å². The minimum absolute atomic E-state index is 0.116. The minimum Gasteiger partial charge on any atom is -0.373 e. The molecule has 114 valence electrons. The fourth-order valence-corrected chi connectivity index (χ4v) is 2.67. The van der Waals surface area contributed by atoms with Gasteiger partial charge in [0.2, 0.25) is 0 Å². The molecule has 0 saturated carbocycles. The summed E-state index contributed by atoms with van der Waals surface area (Å²) in [5.74, 6) is 0. The number of piperidine rings is 1. The predicted octanol–water partition coefficient (Wildman–Crippen LogP) is 3.47. The molecule has 1 atom stereocenters. The van der Waals surface area contributed by atoms with E-state index in [0.29, 0.717) is 0 Å².